The number of ether oxygens (including phenoxy) is 1. The summed E-state index contributed by atoms with van der Waals surface area (Å²) in [6.07, 6.45) is 1.92. The molecule has 6 nitrogen and oxygen atoms in total. The van der Waals surface area contributed by atoms with Gasteiger partial charge in [0, 0.05) is 77.7 Å². The Morgan fingerprint density at radius 3 is 1.85 bits per heavy atom. The second-order valence-electron chi connectivity index (χ2n) is 18.6. The van der Waals surface area contributed by atoms with Crippen LogP contribution in [0, 0.1) is 18.8 Å². The van der Waals surface area contributed by atoms with Crippen molar-refractivity contribution in [3.63, 3.8) is 0 Å². The van der Waals surface area contributed by atoms with Gasteiger partial charge >= 0.3 is 0 Å². The van der Waals surface area contributed by atoms with Gasteiger partial charge in [0.25, 0.3) is 0 Å². The van der Waals surface area contributed by atoms with E-state index in [-0.39, 0.29) is 32.0 Å². The maximum Gasteiger partial charge on any atom is 0.135 e. The molecule has 0 atom stereocenters. The Balaban J connectivity index is 0.00000498. The summed E-state index contributed by atoms with van der Waals surface area (Å²) in [5.74, 6) is 2.02. The van der Waals surface area contributed by atoms with E-state index < -0.39 is 0 Å². The van der Waals surface area contributed by atoms with Crippen molar-refractivity contribution < 1.29 is 25.8 Å². The van der Waals surface area contributed by atoms with Crippen LogP contribution in [-0.4, -0.2) is 24.6 Å². The third kappa shape index (κ3) is 7.31. The molecule has 0 aliphatic carbocycles. The van der Waals surface area contributed by atoms with Crippen molar-refractivity contribution in [1.82, 2.24) is 19.0 Å². The SMILES string of the molecule is CC(C)(C)c1ccnc(-n2c3[c-]c(Oc4[c-]c(N5[CH-]N(C(C)(C)C)C(c6ccccc6)=C5c5ccccc5)ccc4)ccc3c3c4c5ccccc5n(-c5ccccc5)c4ccc32)c1.[Pt]. The Labute approximate surface area is 395 Å². The van der Waals surface area contributed by atoms with Gasteiger partial charge in [0.15, 0.2) is 0 Å². The van der Waals surface area contributed by atoms with Crippen LogP contribution in [0.15, 0.2) is 176 Å². The number of rotatable bonds is 7. The minimum atomic E-state index is -0.208. The predicted molar refractivity (Wildman–Crippen MR) is 264 cm³/mol. The zero-order chi connectivity index (χ0) is 43.7. The monoisotopic (exact) mass is 1030 g/mol. The molecule has 0 spiro atoms. The van der Waals surface area contributed by atoms with E-state index in [2.05, 4.69) is 231 Å². The van der Waals surface area contributed by atoms with E-state index in [4.69, 9.17) is 9.72 Å². The summed E-state index contributed by atoms with van der Waals surface area (Å²) < 4.78 is 11.4. The van der Waals surface area contributed by atoms with E-state index in [1.54, 1.807) is 0 Å². The summed E-state index contributed by atoms with van der Waals surface area (Å²) in [7, 11) is 0. The van der Waals surface area contributed by atoms with Crippen LogP contribution in [0.1, 0.15) is 58.2 Å². The molecule has 0 bridgehead atoms. The Morgan fingerprint density at radius 1 is 0.538 bits per heavy atom. The first-order valence-corrected chi connectivity index (χ1v) is 22.0. The first kappa shape index (κ1) is 42.1. The van der Waals surface area contributed by atoms with Gasteiger partial charge in [-0.2, -0.15) is 18.8 Å². The van der Waals surface area contributed by atoms with Crippen LogP contribution in [0.5, 0.6) is 11.5 Å². The van der Waals surface area contributed by atoms with Gasteiger partial charge in [-0.25, -0.2) is 4.98 Å². The van der Waals surface area contributed by atoms with Crippen LogP contribution in [0.4, 0.5) is 5.69 Å². The molecule has 0 N–H and O–H groups in total. The van der Waals surface area contributed by atoms with Gasteiger partial charge in [0.2, 0.25) is 0 Å². The molecule has 1 aliphatic heterocycles. The summed E-state index contributed by atoms with van der Waals surface area (Å²) in [5.41, 5.74) is 11.6. The fourth-order valence-corrected chi connectivity index (χ4v) is 9.28. The van der Waals surface area contributed by atoms with Gasteiger partial charge in [-0.1, -0.05) is 123 Å². The normalized spacial score (nSPS) is 13.4. The average molecular weight is 1030 g/mol. The van der Waals surface area contributed by atoms with Gasteiger partial charge in [-0.05, 0) is 90.7 Å². The molecule has 0 unspecified atom stereocenters. The zero-order valence-electron chi connectivity index (χ0n) is 37.3. The topological polar surface area (TPSA) is 38.5 Å². The molecule has 1 aliphatic rings. The standard InChI is InChI=1S/C58H48N5O.Pt/c1-57(2,3)41-33-34-59-52(35-41)63-50-32-31-49-53(46-27-16-17-28-48(46)62(49)42-23-14-9-15-24-42)54(50)47-30-29-45(37-51(47)63)64-44-26-18-25-43(36-44)60-38-61(58(4,5)6)56(40-21-12-8-13-22-40)55(60)39-19-10-7-11-20-39;/h7-35,38H,1-6H3;/q-3;. The summed E-state index contributed by atoms with van der Waals surface area (Å²) in [6.45, 7) is 15.7. The number of nitrogens with zero attached hydrogens (tertiary/aromatic N) is 5. The maximum absolute atomic E-state index is 6.80. The molecule has 11 rings (SSSR count). The molecule has 65 heavy (non-hydrogen) atoms. The van der Waals surface area contributed by atoms with Gasteiger partial charge < -0.3 is 23.7 Å². The van der Waals surface area contributed by atoms with Crippen molar-refractivity contribution in [2.75, 3.05) is 4.90 Å². The van der Waals surface area contributed by atoms with E-state index in [1.807, 2.05) is 24.4 Å². The van der Waals surface area contributed by atoms with Crippen LogP contribution in [0.3, 0.4) is 0 Å². The fourth-order valence-electron chi connectivity index (χ4n) is 9.28. The Morgan fingerprint density at radius 2 is 1.15 bits per heavy atom. The van der Waals surface area contributed by atoms with Crippen LogP contribution in [0.2, 0.25) is 0 Å². The van der Waals surface area contributed by atoms with E-state index in [0.29, 0.717) is 11.5 Å². The number of anilines is 1. The van der Waals surface area contributed by atoms with Gasteiger partial charge in [0.05, 0.1) is 11.0 Å². The number of aromatic nitrogens is 3. The van der Waals surface area contributed by atoms with Gasteiger partial charge in [0.1, 0.15) is 5.82 Å². The molecule has 0 fully saturated rings. The zero-order valence-corrected chi connectivity index (χ0v) is 39.6. The molecule has 324 valence electrons. The molecule has 0 saturated carbocycles. The Hall–Kier alpha value is -6.88. The third-order valence-electron chi connectivity index (χ3n) is 12.3. The molecular formula is C58H48N5OPt-3. The van der Waals surface area contributed by atoms with Gasteiger partial charge in [-0.15, -0.1) is 41.4 Å². The summed E-state index contributed by atoms with van der Waals surface area (Å²) >= 11 is 0. The van der Waals surface area contributed by atoms with Crippen molar-refractivity contribution in [1.29, 1.82) is 0 Å². The summed E-state index contributed by atoms with van der Waals surface area (Å²) in [5, 5.41) is 4.61. The molecule has 10 aromatic rings. The third-order valence-corrected chi connectivity index (χ3v) is 12.3. The van der Waals surface area contributed by atoms with Crippen molar-refractivity contribution in [2.45, 2.75) is 52.5 Å². The number of pyridine rings is 1. The van der Waals surface area contributed by atoms with Crippen molar-refractivity contribution in [2.24, 2.45) is 0 Å². The number of fused-ring (bicyclic) bond motifs is 7. The smallest absolute Gasteiger partial charge is 0.135 e. The molecule has 7 heteroatoms. The molecular weight excluding hydrogens is 978 g/mol. The maximum atomic E-state index is 6.80. The van der Waals surface area contributed by atoms with E-state index in [9.17, 15) is 0 Å². The molecule has 4 heterocycles. The van der Waals surface area contributed by atoms with Crippen LogP contribution < -0.4 is 9.64 Å². The summed E-state index contributed by atoms with van der Waals surface area (Å²) in [6, 6.07) is 67.1. The van der Waals surface area contributed by atoms with Crippen LogP contribution in [-0.2, 0) is 26.5 Å². The minimum Gasteiger partial charge on any atom is -0.509 e. The first-order valence-electron chi connectivity index (χ1n) is 22.0. The minimum absolute atomic E-state index is 0. The second kappa shape index (κ2) is 16.3. The number of para-hydroxylation sites is 2. The largest absolute Gasteiger partial charge is 0.509 e. The van der Waals surface area contributed by atoms with E-state index >= 15 is 0 Å². The van der Waals surface area contributed by atoms with Gasteiger partial charge in [-0.3, -0.25) is 0 Å². The molecule has 0 radical (unpaired) electrons. The first-order chi connectivity index (χ1) is 31.0. The molecule has 0 saturated heterocycles. The predicted octanol–water partition coefficient (Wildman–Crippen LogP) is 14.5. The van der Waals surface area contributed by atoms with Crippen LogP contribution in [0.25, 0.3) is 66.5 Å². The number of hydrogen-bond donors (Lipinski definition) is 0. The average Bonchev–Trinajstić information content (AvgIpc) is 3.98. The number of hydrogen-bond acceptors (Lipinski definition) is 4. The quantitative estimate of drug-likeness (QED) is 0.149. The molecule has 0 amide bonds. The molecule has 7 aromatic carbocycles. The molecule has 3 aromatic heterocycles. The van der Waals surface area contributed by atoms with E-state index in [0.717, 1.165) is 72.6 Å². The van der Waals surface area contributed by atoms with Crippen molar-refractivity contribution in [3.05, 3.63) is 212 Å². The van der Waals surface area contributed by atoms with Crippen molar-refractivity contribution in [3.8, 4) is 23.0 Å². The summed E-state index contributed by atoms with van der Waals surface area (Å²) in [4.78, 5) is 9.62. The van der Waals surface area contributed by atoms with E-state index in [1.165, 1.54) is 16.3 Å². The number of benzene rings is 7. The fraction of sp³-hybridized carbons (Fsp3) is 0.138. The second-order valence-corrected chi connectivity index (χ2v) is 18.6. The van der Waals surface area contributed by atoms with Crippen molar-refractivity contribution >= 4 is 60.7 Å². The Bertz CT molecular complexity index is 3410. The Kier molecular flexibility index (Phi) is 10.5. The van der Waals surface area contributed by atoms with Crippen LogP contribution >= 0.6 is 0 Å².